The molecule has 0 bridgehead atoms. The number of aliphatic hydroxyl groups excluding tert-OH is 1. The molecule has 0 fully saturated rings. The Morgan fingerprint density at radius 1 is 1.35 bits per heavy atom. The number of hydrogen-bond acceptors (Lipinski definition) is 6. The van der Waals surface area contributed by atoms with Crippen molar-refractivity contribution in [1.29, 1.82) is 0 Å². The second-order valence-electron chi connectivity index (χ2n) is 4.13. The van der Waals surface area contributed by atoms with E-state index in [0.29, 0.717) is 28.5 Å². The van der Waals surface area contributed by atoms with Crippen LogP contribution >= 0.6 is 11.8 Å². The summed E-state index contributed by atoms with van der Waals surface area (Å²) >= 11 is 1.32. The number of Topliss-reactive ketones (excluding diaryl/α,β-unsaturated/α-hetero) is 1. The molecule has 6 nitrogen and oxygen atoms in total. The molecule has 0 saturated heterocycles. The Morgan fingerprint density at radius 3 is 2.70 bits per heavy atom. The summed E-state index contributed by atoms with van der Waals surface area (Å²) in [6, 6.07) is 3.16. The number of thioether (sulfide) groups is 1. The molecular formula is C13H15NO5S. The van der Waals surface area contributed by atoms with Gasteiger partial charge in [-0.1, -0.05) is 0 Å². The van der Waals surface area contributed by atoms with Gasteiger partial charge in [-0.2, -0.15) is 0 Å². The first-order valence-corrected chi connectivity index (χ1v) is 7.20. The standard InChI is InChI=1S/C13H15NO5S/c1-8(16)9-4-11-12(19-7-18-11)5-10(9)14-13(17)6-20-3-2-15/h4-5,15H,2-3,6-7H2,1H3,(H,14,17). The van der Waals surface area contributed by atoms with Crippen LogP contribution < -0.4 is 14.8 Å². The number of ketones is 1. The van der Waals surface area contributed by atoms with Crippen molar-refractivity contribution in [2.45, 2.75) is 6.92 Å². The first-order chi connectivity index (χ1) is 9.61. The fraction of sp³-hybridized carbons (Fsp3) is 0.385. The lowest BCUT2D eigenvalue weighted by Gasteiger charge is -2.10. The Balaban J connectivity index is 2.13. The summed E-state index contributed by atoms with van der Waals surface area (Å²) in [7, 11) is 0. The van der Waals surface area contributed by atoms with E-state index in [0.717, 1.165) is 0 Å². The van der Waals surface area contributed by atoms with E-state index in [2.05, 4.69) is 5.32 Å². The Hall–Kier alpha value is -1.73. The molecular weight excluding hydrogens is 282 g/mol. The summed E-state index contributed by atoms with van der Waals surface area (Å²) in [5.41, 5.74) is 0.797. The quantitative estimate of drug-likeness (QED) is 0.608. The molecule has 0 aromatic heterocycles. The molecule has 1 aliphatic heterocycles. The smallest absolute Gasteiger partial charge is 0.234 e. The van der Waals surface area contributed by atoms with Crippen molar-refractivity contribution in [3.63, 3.8) is 0 Å². The SMILES string of the molecule is CC(=O)c1cc2c(cc1NC(=O)CSCCO)OCO2. The topological polar surface area (TPSA) is 84.9 Å². The molecule has 0 radical (unpaired) electrons. The van der Waals surface area contributed by atoms with Gasteiger partial charge in [0, 0.05) is 17.4 Å². The van der Waals surface area contributed by atoms with Crippen LogP contribution in [-0.4, -0.2) is 41.7 Å². The van der Waals surface area contributed by atoms with E-state index in [1.165, 1.54) is 18.7 Å². The Bertz CT molecular complexity index is 532. The third-order valence-electron chi connectivity index (χ3n) is 2.63. The van der Waals surface area contributed by atoms with Gasteiger partial charge in [-0.05, 0) is 13.0 Å². The second-order valence-corrected chi connectivity index (χ2v) is 5.24. The average Bonchev–Trinajstić information content (AvgIpc) is 2.85. The Kier molecular flexibility index (Phi) is 4.86. The summed E-state index contributed by atoms with van der Waals surface area (Å²) < 4.78 is 10.4. The van der Waals surface area contributed by atoms with E-state index < -0.39 is 0 Å². The summed E-state index contributed by atoms with van der Waals surface area (Å²) in [5, 5.41) is 11.3. The van der Waals surface area contributed by atoms with E-state index in [-0.39, 0.29) is 30.8 Å². The molecule has 1 aliphatic rings. The highest BCUT2D eigenvalue weighted by molar-refractivity contribution is 7.99. The van der Waals surface area contributed by atoms with Crippen molar-refractivity contribution in [2.75, 3.05) is 30.2 Å². The van der Waals surface area contributed by atoms with Crippen LogP contribution in [0.25, 0.3) is 0 Å². The monoisotopic (exact) mass is 297 g/mol. The van der Waals surface area contributed by atoms with E-state index in [4.69, 9.17) is 14.6 Å². The third-order valence-corrected chi connectivity index (χ3v) is 3.57. The number of amides is 1. The maximum atomic E-state index is 11.8. The number of carbonyl (C=O) groups excluding carboxylic acids is 2. The molecule has 2 N–H and O–H groups in total. The summed E-state index contributed by atoms with van der Waals surface area (Å²) in [6.07, 6.45) is 0. The zero-order valence-corrected chi connectivity index (χ0v) is 11.8. The van der Waals surface area contributed by atoms with Gasteiger partial charge in [-0.15, -0.1) is 11.8 Å². The molecule has 0 atom stereocenters. The number of benzene rings is 1. The minimum Gasteiger partial charge on any atom is -0.454 e. The van der Waals surface area contributed by atoms with Crippen LogP contribution in [0.3, 0.4) is 0 Å². The van der Waals surface area contributed by atoms with Crippen molar-refractivity contribution in [3.8, 4) is 11.5 Å². The van der Waals surface area contributed by atoms with Crippen LogP contribution in [0.4, 0.5) is 5.69 Å². The lowest BCUT2D eigenvalue weighted by molar-refractivity contribution is -0.113. The predicted molar refractivity (Wildman–Crippen MR) is 75.6 cm³/mol. The number of hydrogen-bond donors (Lipinski definition) is 2. The van der Waals surface area contributed by atoms with Crippen molar-refractivity contribution in [3.05, 3.63) is 17.7 Å². The number of carbonyl (C=O) groups is 2. The number of ether oxygens (including phenoxy) is 2. The number of rotatable bonds is 6. The molecule has 108 valence electrons. The van der Waals surface area contributed by atoms with E-state index in [1.807, 2.05) is 0 Å². The number of nitrogens with one attached hydrogen (secondary N) is 1. The van der Waals surface area contributed by atoms with Crippen molar-refractivity contribution in [1.82, 2.24) is 0 Å². The van der Waals surface area contributed by atoms with Crippen LogP contribution in [0.2, 0.25) is 0 Å². The van der Waals surface area contributed by atoms with Gasteiger partial charge in [-0.25, -0.2) is 0 Å². The van der Waals surface area contributed by atoms with Crippen LogP contribution in [0.1, 0.15) is 17.3 Å². The first kappa shape index (κ1) is 14.7. The maximum absolute atomic E-state index is 11.8. The molecule has 0 unspecified atom stereocenters. The Labute approximate surface area is 120 Å². The van der Waals surface area contributed by atoms with E-state index in [9.17, 15) is 9.59 Å². The molecule has 1 amide bonds. The highest BCUT2D eigenvalue weighted by Gasteiger charge is 2.20. The lowest BCUT2D eigenvalue weighted by atomic mass is 10.1. The minimum absolute atomic E-state index is 0.0284. The van der Waals surface area contributed by atoms with Gasteiger partial charge in [0.1, 0.15) is 0 Å². The van der Waals surface area contributed by atoms with Gasteiger partial charge in [0.25, 0.3) is 0 Å². The van der Waals surface area contributed by atoms with Crippen molar-refractivity contribution >= 4 is 29.1 Å². The van der Waals surface area contributed by atoms with Crippen molar-refractivity contribution < 1.29 is 24.2 Å². The minimum atomic E-state index is -0.232. The largest absolute Gasteiger partial charge is 0.454 e. The molecule has 0 spiro atoms. The van der Waals surface area contributed by atoms with Gasteiger partial charge in [0.2, 0.25) is 12.7 Å². The highest BCUT2D eigenvalue weighted by Crippen LogP contribution is 2.37. The van der Waals surface area contributed by atoms with Crippen LogP contribution in [-0.2, 0) is 4.79 Å². The maximum Gasteiger partial charge on any atom is 0.234 e. The molecule has 7 heteroatoms. The van der Waals surface area contributed by atoms with E-state index >= 15 is 0 Å². The molecule has 1 aromatic carbocycles. The second kappa shape index (κ2) is 6.62. The summed E-state index contributed by atoms with van der Waals surface area (Å²) in [6.45, 7) is 1.56. The van der Waals surface area contributed by atoms with Gasteiger partial charge < -0.3 is 19.9 Å². The van der Waals surface area contributed by atoms with Gasteiger partial charge in [-0.3, -0.25) is 9.59 Å². The molecule has 1 aromatic rings. The zero-order chi connectivity index (χ0) is 14.5. The van der Waals surface area contributed by atoms with Crippen molar-refractivity contribution in [2.24, 2.45) is 0 Å². The molecule has 2 rings (SSSR count). The third kappa shape index (κ3) is 3.43. The lowest BCUT2D eigenvalue weighted by Crippen LogP contribution is -2.16. The predicted octanol–water partition coefficient (Wildman–Crippen LogP) is 1.28. The normalized spacial score (nSPS) is 12.3. The van der Waals surface area contributed by atoms with Crippen LogP contribution in [0, 0.1) is 0 Å². The van der Waals surface area contributed by atoms with Crippen LogP contribution in [0.5, 0.6) is 11.5 Å². The van der Waals surface area contributed by atoms with Gasteiger partial charge >= 0.3 is 0 Å². The zero-order valence-electron chi connectivity index (χ0n) is 11.0. The summed E-state index contributed by atoms with van der Waals surface area (Å²) in [4.78, 5) is 23.4. The van der Waals surface area contributed by atoms with E-state index in [1.54, 1.807) is 12.1 Å². The molecule has 0 aliphatic carbocycles. The average molecular weight is 297 g/mol. The fourth-order valence-corrected chi connectivity index (χ4v) is 2.28. The van der Waals surface area contributed by atoms with Gasteiger partial charge in [0.05, 0.1) is 18.0 Å². The Morgan fingerprint density at radius 2 is 2.05 bits per heavy atom. The number of fused-ring (bicyclic) bond motifs is 1. The van der Waals surface area contributed by atoms with Crippen LogP contribution in [0.15, 0.2) is 12.1 Å². The number of aliphatic hydroxyl groups is 1. The highest BCUT2D eigenvalue weighted by atomic mass is 32.2. The number of anilines is 1. The molecule has 0 saturated carbocycles. The molecule has 1 heterocycles. The molecule has 20 heavy (non-hydrogen) atoms. The fourth-order valence-electron chi connectivity index (χ4n) is 1.75. The summed E-state index contributed by atoms with van der Waals surface area (Å²) in [5.74, 6) is 1.32. The van der Waals surface area contributed by atoms with Gasteiger partial charge in [0.15, 0.2) is 17.3 Å². The first-order valence-electron chi connectivity index (χ1n) is 6.05.